The first-order chi connectivity index (χ1) is 10.6. The summed E-state index contributed by atoms with van der Waals surface area (Å²) in [4.78, 5) is 22.8. The molecule has 1 saturated carbocycles. The Balaban J connectivity index is 1.71. The molecule has 0 bridgehead atoms. The summed E-state index contributed by atoms with van der Waals surface area (Å²) in [5.74, 6) is -0.616. The van der Waals surface area contributed by atoms with Crippen LogP contribution in [0.15, 0.2) is 30.3 Å². The van der Waals surface area contributed by atoms with Crippen molar-refractivity contribution in [3.8, 4) is 0 Å². The Bertz CT molecular complexity index is 495. The largest absolute Gasteiger partial charge is 0.481 e. The SMILES string of the molecule is CC(NC(=O)OCc1ccccc1)C1CCC(C(=O)O)CC1. The summed E-state index contributed by atoms with van der Waals surface area (Å²) < 4.78 is 5.20. The maximum atomic E-state index is 11.8. The van der Waals surface area contributed by atoms with Crippen LogP contribution in [0.5, 0.6) is 0 Å². The summed E-state index contributed by atoms with van der Waals surface area (Å²) in [7, 11) is 0. The Labute approximate surface area is 130 Å². The molecule has 1 atom stereocenters. The highest BCUT2D eigenvalue weighted by molar-refractivity contribution is 5.70. The summed E-state index contributed by atoms with van der Waals surface area (Å²) in [6.45, 7) is 2.21. The van der Waals surface area contributed by atoms with Crippen LogP contribution < -0.4 is 5.32 Å². The quantitative estimate of drug-likeness (QED) is 0.876. The molecule has 22 heavy (non-hydrogen) atoms. The fourth-order valence-corrected chi connectivity index (χ4v) is 2.93. The van der Waals surface area contributed by atoms with Gasteiger partial charge in [-0.3, -0.25) is 4.79 Å². The first-order valence-electron chi connectivity index (χ1n) is 7.76. The molecule has 1 amide bonds. The van der Waals surface area contributed by atoms with Crippen LogP contribution in [0.2, 0.25) is 0 Å². The zero-order chi connectivity index (χ0) is 15.9. The molecule has 0 heterocycles. The van der Waals surface area contributed by atoms with Gasteiger partial charge in [0.1, 0.15) is 6.61 Å². The van der Waals surface area contributed by atoms with Crippen molar-refractivity contribution in [2.45, 2.75) is 45.3 Å². The van der Waals surface area contributed by atoms with Gasteiger partial charge in [0.05, 0.1) is 5.92 Å². The number of aliphatic carboxylic acids is 1. The number of benzene rings is 1. The number of carbonyl (C=O) groups is 2. The zero-order valence-corrected chi connectivity index (χ0v) is 12.8. The Morgan fingerprint density at radius 1 is 1.23 bits per heavy atom. The summed E-state index contributed by atoms with van der Waals surface area (Å²) in [6, 6.07) is 9.53. The highest BCUT2D eigenvalue weighted by atomic mass is 16.5. The van der Waals surface area contributed by atoms with Crippen LogP contribution in [0, 0.1) is 11.8 Å². The lowest BCUT2D eigenvalue weighted by Gasteiger charge is -2.30. The van der Waals surface area contributed by atoms with Crippen molar-refractivity contribution in [2.75, 3.05) is 0 Å². The van der Waals surface area contributed by atoms with E-state index in [0.717, 1.165) is 18.4 Å². The molecule has 1 fully saturated rings. The smallest absolute Gasteiger partial charge is 0.407 e. The van der Waals surface area contributed by atoms with E-state index in [-0.39, 0.29) is 18.6 Å². The first kappa shape index (κ1) is 16.3. The number of ether oxygens (including phenoxy) is 1. The van der Waals surface area contributed by atoms with Gasteiger partial charge in [-0.2, -0.15) is 0 Å². The topological polar surface area (TPSA) is 75.6 Å². The van der Waals surface area contributed by atoms with Gasteiger partial charge in [0.25, 0.3) is 0 Å². The highest BCUT2D eigenvalue weighted by Gasteiger charge is 2.29. The van der Waals surface area contributed by atoms with Crippen LogP contribution in [-0.4, -0.2) is 23.2 Å². The van der Waals surface area contributed by atoms with Crippen LogP contribution in [0.1, 0.15) is 38.2 Å². The number of carboxylic acid groups (broad SMARTS) is 1. The van der Waals surface area contributed by atoms with Crippen LogP contribution in [0.4, 0.5) is 4.79 Å². The van der Waals surface area contributed by atoms with Crippen LogP contribution in [-0.2, 0) is 16.1 Å². The van der Waals surface area contributed by atoms with E-state index in [2.05, 4.69) is 5.32 Å². The van der Waals surface area contributed by atoms with Gasteiger partial charge in [-0.25, -0.2) is 4.79 Å². The molecule has 0 spiro atoms. The van der Waals surface area contributed by atoms with Crippen molar-refractivity contribution in [3.63, 3.8) is 0 Å². The third-order valence-electron chi connectivity index (χ3n) is 4.39. The van der Waals surface area contributed by atoms with Gasteiger partial charge < -0.3 is 15.2 Å². The lowest BCUT2D eigenvalue weighted by molar-refractivity contribution is -0.143. The monoisotopic (exact) mass is 305 g/mol. The lowest BCUT2D eigenvalue weighted by atomic mass is 9.79. The number of hydrogen-bond donors (Lipinski definition) is 2. The predicted molar refractivity (Wildman–Crippen MR) is 82.3 cm³/mol. The number of nitrogens with one attached hydrogen (secondary N) is 1. The Hall–Kier alpha value is -2.04. The molecule has 1 aliphatic carbocycles. The molecule has 2 N–H and O–H groups in total. The normalized spacial score (nSPS) is 22.6. The first-order valence-corrected chi connectivity index (χ1v) is 7.76. The predicted octanol–water partition coefficient (Wildman–Crippen LogP) is 3.19. The van der Waals surface area contributed by atoms with E-state index in [4.69, 9.17) is 9.84 Å². The summed E-state index contributed by atoms with van der Waals surface area (Å²) in [6.07, 6.45) is 2.61. The van der Waals surface area contributed by atoms with Crippen LogP contribution >= 0.6 is 0 Å². The molecule has 0 aliphatic heterocycles. The number of alkyl carbamates (subject to hydrolysis) is 1. The van der Waals surface area contributed by atoms with E-state index in [0.29, 0.717) is 18.8 Å². The third kappa shape index (κ3) is 4.76. The second kappa shape index (κ2) is 7.82. The van der Waals surface area contributed by atoms with Crippen molar-refractivity contribution in [3.05, 3.63) is 35.9 Å². The standard InChI is InChI=1S/C17H23NO4/c1-12(14-7-9-15(10-8-14)16(19)20)18-17(21)22-11-13-5-3-2-4-6-13/h2-6,12,14-15H,7-11H2,1H3,(H,18,21)(H,19,20). The molecule has 0 saturated heterocycles. The maximum Gasteiger partial charge on any atom is 0.407 e. The van der Waals surface area contributed by atoms with Crippen LogP contribution in [0.3, 0.4) is 0 Å². The minimum absolute atomic E-state index is 0.00183. The van der Waals surface area contributed by atoms with Crippen molar-refractivity contribution in [1.29, 1.82) is 0 Å². The van der Waals surface area contributed by atoms with Gasteiger partial charge in [-0.15, -0.1) is 0 Å². The van der Waals surface area contributed by atoms with Crippen molar-refractivity contribution in [1.82, 2.24) is 5.32 Å². The van der Waals surface area contributed by atoms with E-state index in [1.807, 2.05) is 37.3 Å². The molecule has 120 valence electrons. The van der Waals surface area contributed by atoms with E-state index < -0.39 is 12.1 Å². The molecule has 1 unspecified atom stereocenters. The fraction of sp³-hybridized carbons (Fsp3) is 0.529. The van der Waals surface area contributed by atoms with Gasteiger partial charge in [-0.1, -0.05) is 30.3 Å². The lowest BCUT2D eigenvalue weighted by Crippen LogP contribution is -2.40. The average molecular weight is 305 g/mol. The van der Waals surface area contributed by atoms with E-state index >= 15 is 0 Å². The molecular formula is C17H23NO4. The Morgan fingerprint density at radius 2 is 1.86 bits per heavy atom. The van der Waals surface area contributed by atoms with Crippen molar-refractivity contribution < 1.29 is 19.4 Å². The molecule has 5 nitrogen and oxygen atoms in total. The van der Waals surface area contributed by atoms with Crippen molar-refractivity contribution in [2.24, 2.45) is 11.8 Å². The summed E-state index contributed by atoms with van der Waals surface area (Å²) >= 11 is 0. The minimum Gasteiger partial charge on any atom is -0.481 e. The van der Waals surface area contributed by atoms with Gasteiger partial charge in [-0.05, 0) is 44.1 Å². The van der Waals surface area contributed by atoms with Gasteiger partial charge >= 0.3 is 12.1 Å². The number of hydrogen-bond acceptors (Lipinski definition) is 3. The molecule has 1 aliphatic rings. The summed E-state index contributed by atoms with van der Waals surface area (Å²) in [5.41, 5.74) is 0.951. The zero-order valence-electron chi connectivity index (χ0n) is 12.8. The summed E-state index contributed by atoms with van der Waals surface area (Å²) in [5, 5.41) is 11.9. The second-order valence-electron chi connectivity index (χ2n) is 5.94. The average Bonchev–Trinajstić information content (AvgIpc) is 2.54. The van der Waals surface area contributed by atoms with Crippen LogP contribution in [0.25, 0.3) is 0 Å². The maximum absolute atomic E-state index is 11.8. The number of carboxylic acids is 1. The highest BCUT2D eigenvalue weighted by Crippen LogP contribution is 2.30. The third-order valence-corrected chi connectivity index (χ3v) is 4.39. The molecular weight excluding hydrogens is 282 g/mol. The van der Waals surface area contributed by atoms with Gasteiger partial charge in [0, 0.05) is 6.04 Å². The molecule has 0 radical (unpaired) electrons. The minimum atomic E-state index is -0.707. The fourth-order valence-electron chi connectivity index (χ4n) is 2.93. The van der Waals surface area contributed by atoms with E-state index in [1.54, 1.807) is 0 Å². The van der Waals surface area contributed by atoms with Crippen molar-refractivity contribution >= 4 is 12.1 Å². The molecule has 0 aromatic heterocycles. The Morgan fingerprint density at radius 3 is 2.45 bits per heavy atom. The van der Waals surface area contributed by atoms with Gasteiger partial charge in [0.15, 0.2) is 0 Å². The molecule has 5 heteroatoms. The van der Waals surface area contributed by atoms with E-state index in [1.165, 1.54) is 0 Å². The number of amides is 1. The molecule has 1 aromatic rings. The molecule has 2 rings (SSSR count). The Kier molecular flexibility index (Phi) is 5.81. The molecule has 1 aromatic carbocycles. The van der Waals surface area contributed by atoms with E-state index in [9.17, 15) is 9.59 Å². The second-order valence-corrected chi connectivity index (χ2v) is 5.94. The number of rotatable bonds is 5. The van der Waals surface area contributed by atoms with Gasteiger partial charge in [0.2, 0.25) is 0 Å². The number of carbonyl (C=O) groups excluding carboxylic acids is 1.